The van der Waals surface area contributed by atoms with Crippen LogP contribution in [0.15, 0.2) is 42.5 Å². The van der Waals surface area contributed by atoms with Crippen LogP contribution in [0, 0.1) is 11.3 Å². The Morgan fingerprint density at radius 1 is 1.12 bits per heavy atom. The molecule has 2 N–H and O–H groups in total. The predicted octanol–water partition coefficient (Wildman–Crippen LogP) is 3.04. The molecule has 0 bridgehead atoms. The molecule has 0 aromatic heterocycles. The Labute approximate surface area is 140 Å². The molecule has 0 fully saturated rings. The Morgan fingerprint density at radius 3 is 2.58 bits per heavy atom. The maximum Gasteiger partial charge on any atom is 0.326 e. The second kappa shape index (κ2) is 8.68. The summed E-state index contributed by atoms with van der Waals surface area (Å²) in [5.41, 5.74) is 0.847. The number of fused-ring (bicyclic) bond motifs is 1. The van der Waals surface area contributed by atoms with E-state index in [0.717, 1.165) is 16.3 Å². The van der Waals surface area contributed by atoms with Crippen LogP contribution in [0.5, 0.6) is 0 Å². The number of carbonyl (C=O) groups is 2. The minimum Gasteiger partial charge on any atom is -0.480 e. The van der Waals surface area contributed by atoms with Crippen molar-refractivity contribution in [2.45, 2.75) is 38.1 Å². The molecule has 1 amide bonds. The number of nitrogens with zero attached hydrogens (tertiary/aromatic N) is 1. The van der Waals surface area contributed by atoms with Gasteiger partial charge in [-0.3, -0.25) is 4.79 Å². The minimum absolute atomic E-state index is 0.146. The Balaban J connectivity index is 1.94. The highest BCUT2D eigenvalue weighted by molar-refractivity contribution is 5.87. The van der Waals surface area contributed by atoms with Crippen LogP contribution < -0.4 is 5.32 Å². The van der Waals surface area contributed by atoms with Crippen molar-refractivity contribution in [3.8, 4) is 6.07 Å². The number of carboxylic acid groups (broad SMARTS) is 1. The molecule has 1 atom stereocenters. The van der Waals surface area contributed by atoms with Gasteiger partial charge in [0.1, 0.15) is 6.04 Å². The van der Waals surface area contributed by atoms with E-state index < -0.39 is 12.0 Å². The van der Waals surface area contributed by atoms with Gasteiger partial charge in [-0.25, -0.2) is 4.79 Å². The van der Waals surface area contributed by atoms with Gasteiger partial charge in [0.05, 0.1) is 12.5 Å². The molecule has 5 heteroatoms. The van der Waals surface area contributed by atoms with Gasteiger partial charge in [0, 0.05) is 6.42 Å². The van der Waals surface area contributed by atoms with E-state index in [4.69, 9.17) is 5.26 Å². The minimum atomic E-state index is -1.04. The van der Waals surface area contributed by atoms with Crippen LogP contribution in [0.2, 0.25) is 0 Å². The Kier molecular flexibility index (Phi) is 6.32. The molecule has 0 aliphatic carbocycles. The number of carbonyl (C=O) groups excluding carboxylic acids is 1. The number of carboxylic acids is 1. The van der Waals surface area contributed by atoms with Crippen LogP contribution in [0.1, 0.15) is 31.2 Å². The summed E-state index contributed by atoms with van der Waals surface area (Å²) in [6, 6.07) is 14.8. The largest absolute Gasteiger partial charge is 0.480 e. The molecular weight excluding hydrogens is 304 g/mol. The van der Waals surface area contributed by atoms with Gasteiger partial charge in [-0.1, -0.05) is 42.5 Å². The van der Waals surface area contributed by atoms with Gasteiger partial charge in [0.15, 0.2) is 0 Å². The first-order valence-corrected chi connectivity index (χ1v) is 7.97. The molecule has 0 aliphatic rings. The summed E-state index contributed by atoms with van der Waals surface area (Å²) in [5, 5.41) is 22.4. The molecule has 5 nitrogen and oxygen atoms in total. The third-order valence-corrected chi connectivity index (χ3v) is 3.84. The first-order valence-electron chi connectivity index (χ1n) is 7.97. The van der Waals surface area contributed by atoms with Gasteiger partial charge < -0.3 is 10.4 Å². The van der Waals surface area contributed by atoms with E-state index >= 15 is 0 Å². The molecule has 0 unspecified atom stereocenters. The fourth-order valence-electron chi connectivity index (χ4n) is 2.59. The van der Waals surface area contributed by atoms with Crippen LogP contribution in [0.4, 0.5) is 0 Å². The number of nitrogens with one attached hydrogen (secondary N) is 1. The van der Waals surface area contributed by atoms with Crippen LogP contribution in [0.25, 0.3) is 10.8 Å². The molecule has 24 heavy (non-hydrogen) atoms. The van der Waals surface area contributed by atoms with Gasteiger partial charge >= 0.3 is 5.97 Å². The highest BCUT2D eigenvalue weighted by atomic mass is 16.4. The van der Waals surface area contributed by atoms with Crippen molar-refractivity contribution in [1.82, 2.24) is 5.32 Å². The third kappa shape index (κ3) is 5.10. The molecule has 0 aliphatic heterocycles. The van der Waals surface area contributed by atoms with E-state index in [1.807, 2.05) is 48.5 Å². The second-order valence-corrected chi connectivity index (χ2v) is 5.72. The molecule has 2 rings (SSSR count). The number of benzene rings is 2. The molecule has 124 valence electrons. The van der Waals surface area contributed by atoms with Gasteiger partial charge in [-0.05, 0) is 35.6 Å². The third-order valence-electron chi connectivity index (χ3n) is 3.84. The number of rotatable bonds is 8. The molecule has 0 radical (unpaired) electrons. The van der Waals surface area contributed by atoms with E-state index in [1.165, 1.54) is 0 Å². The standard InChI is InChI=1S/C19H20N2O3/c20-11-5-1-2-8-17(19(23)24)21-18(22)13-14-9-10-15-6-3-4-7-16(15)12-14/h3-4,6-7,9-10,12,17H,1-2,5,8,13H2,(H,21,22)(H,23,24)/t17-/m1/s1. The lowest BCUT2D eigenvalue weighted by Crippen LogP contribution is -2.41. The molecule has 0 saturated carbocycles. The van der Waals surface area contributed by atoms with Crippen molar-refractivity contribution in [1.29, 1.82) is 5.26 Å². The van der Waals surface area contributed by atoms with Crippen LogP contribution in [-0.4, -0.2) is 23.0 Å². The lowest BCUT2D eigenvalue weighted by atomic mass is 10.0. The monoisotopic (exact) mass is 324 g/mol. The summed E-state index contributed by atoms with van der Waals surface area (Å²) in [7, 11) is 0. The number of unbranched alkanes of at least 4 members (excludes halogenated alkanes) is 2. The van der Waals surface area contributed by atoms with Crippen molar-refractivity contribution in [2.75, 3.05) is 0 Å². The summed E-state index contributed by atoms with van der Waals surface area (Å²) >= 11 is 0. The summed E-state index contributed by atoms with van der Waals surface area (Å²) in [5.74, 6) is -1.35. The number of hydrogen-bond acceptors (Lipinski definition) is 3. The quantitative estimate of drug-likeness (QED) is 0.730. The highest BCUT2D eigenvalue weighted by Crippen LogP contribution is 2.16. The van der Waals surface area contributed by atoms with Gasteiger partial charge in [-0.15, -0.1) is 0 Å². The lowest BCUT2D eigenvalue weighted by molar-refractivity contribution is -0.142. The van der Waals surface area contributed by atoms with Gasteiger partial charge in [0.2, 0.25) is 5.91 Å². The number of aliphatic carboxylic acids is 1. The number of amides is 1. The zero-order valence-corrected chi connectivity index (χ0v) is 13.4. The average Bonchev–Trinajstić information content (AvgIpc) is 2.57. The first kappa shape index (κ1) is 17.5. The summed E-state index contributed by atoms with van der Waals surface area (Å²) < 4.78 is 0. The van der Waals surface area contributed by atoms with E-state index in [-0.39, 0.29) is 12.3 Å². The van der Waals surface area contributed by atoms with Crippen LogP contribution >= 0.6 is 0 Å². The van der Waals surface area contributed by atoms with Crippen molar-refractivity contribution in [3.05, 3.63) is 48.0 Å². The van der Waals surface area contributed by atoms with Crippen molar-refractivity contribution < 1.29 is 14.7 Å². The molecule has 0 spiro atoms. The topological polar surface area (TPSA) is 90.2 Å². The normalized spacial score (nSPS) is 11.6. The van der Waals surface area contributed by atoms with E-state index in [0.29, 0.717) is 25.7 Å². The summed E-state index contributed by atoms with van der Waals surface area (Å²) in [6.07, 6.45) is 2.12. The lowest BCUT2D eigenvalue weighted by Gasteiger charge is -2.14. The molecule has 2 aromatic rings. The van der Waals surface area contributed by atoms with Crippen LogP contribution in [-0.2, 0) is 16.0 Å². The molecule has 0 heterocycles. The predicted molar refractivity (Wildman–Crippen MR) is 91.3 cm³/mol. The van der Waals surface area contributed by atoms with Gasteiger partial charge in [-0.2, -0.15) is 5.26 Å². The van der Waals surface area contributed by atoms with Crippen molar-refractivity contribution >= 4 is 22.6 Å². The highest BCUT2D eigenvalue weighted by Gasteiger charge is 2.19. The van der Waals surface area contributed by atoms with Crippen molar-refractivity contribution in [3.63, 3.8) is 0 Å². The number of nitriles is 1. The first-order chi connectivity index (χ1) is 11.6. The second-order valence-electron chi connectivity index (χ2n) is 5.72. The summed E-state index contributed by atoms with van der Waals surface area (Å²) in [6.45, 7) is 0. The van der Waals surface area contributed by atoms with Crippen LogP contribution in [0.3, 0.4) is 0 Å². The zero-order chi connectivity index (χ0) is 17.4. The van der Waals surface area contributed by atoms with E-state index in [2.05, 4.69) is 5.32 Å². The van der Waals surface area contributed by atoms with E-state index in [9.17, 15) is 14.7 Å². The summed E-state index contributed by atoms with van der Waals surface area (Å²) in [4.78, 5) is 23.4. The Morgan fingerprint density at radius 2 is 1.88 bits per heavy atom. The molecular formula is C19H20N2O3. The SMILES string of the molecule is N#CCCCC[C@@H](NC(=O)Cc1ccc2ccccc2c1)C(=O)O. The molecule has 0 saturated heterocycles. The fourth-order valence-corrected chi connectivity index (χ4v) is 2.59. The number of hydrogen-bond donors (Lipinski definition) is 2. The fraction of sp³-hybridized carbons (Fsp3) is 0.316. The average molecular weight is 324 g/mol. The van der Waals surface area contributed by atoms with Gasteiger partial charge in [0.25, 0.3) is 0 Å². The smallest absolute Gasteiger partial charge is 0.326 e. The van der Waals surface area contributed by atoms with E-state index in [1.54, 1.807) is 0 Å². The maximum absolute atomic E-state index is 12.1. The zero-order valence-electron chi connectivity index (χ0n) is 13.4. The molecule has 2 aromatic carbocycles. The Hall–Kier alpha value is -2.87. The maximum atomic E-state index is 12.1. The Bertz CT molecular complexity index is 765. The van der Waals surface area contributed by atoms with Crippen molar-refractivity contribution in [2.24, 2.45) is 0 Å².